The largest absolute Gasteiger partial charge is 0.311 e. The van der Waals surface area contributed by atoms with Crippen molar-refractivity contribution < 1.29 is 9.59 Å². The number of carbonyl (C=O) groups excluding carboxylic acids is 2. The zero-order valence-corrected chi connectivity index (χ0v) is 22.5. The van der Waals surface area contributed by atoms with E-state index in [0.29, 0.717) is 11.1 Å². The summed E-state index contributed by atoms with van der Waals surface area (Å²) >= 11 is 1.10. The van der Waals surface area contributed by atoms with Crippen LogP contribution in [0.15, 0.2) is 66.7 Å². The first-order chi connectivity index (χ1) is 16.5. The molecule has 0 saturated carbocycles. The summed E-state index contributed by atoms with van der Waals surface area (Å²) < 4.78 is 4.70. The van der Waals surface area contributed by atoms with E-state index in [1.807, 2.05) is 108 Å². The Hall–Kier alpha value is -3.25. The molecular weight excluding hydrogens is 454 g/mol. The average molecular weight is 490 g/mol. The maximum atomic E-state index is 13.9. The first-order valence-corrected chi connectivity index (χ1v) is 12.6. The SMILES string of the molecule is CCc1ccc(C(=O)N(SNc2ccc(C)cc2)N(C(=O)c2cc(C)cc(C)c2)C(C)(C)C)cc1. The summed E-state index contributed by atoms with van der Waals surface area (Å²) in [5.41, 5.74) is 5.53. The maximum Gasteiger partial charge on any atom is 0.284 e. The van der Waals surface area contributed by atoms with Gasteiger partial charge in [0.1, 0.15) is 0 Å². The van der Waals surface area contributed by atoms with Gasteiger partial charge in [0, 0.05) is 16.8 Å². The van der Waals surface area contributed by atoms with Crippen molar-refractivity contribution in [1.82, 2.24) is 9.42 Å². The highest BCUT2D eigenvalue weighted by Crippen LogP contribution is 2.29. The van der Waals surface area contributed by atoms with Gasteiger partial charge in [0.25, 0.3) is 11.8 Å². The van der Waals surface area contributed by atoms with Crippen molar-refractivity contribution in [2.24, 2.45) is 0 Å². The highest BCUT2D eigenvalue weighted by molar-refractivity contribution is 7.98. The third-order valence-electron chi connectivity index (χ3n) is 5.56. The molecular formula is C29H35N3O2S. The molecule has 0 aliphatic heterocycles. The van der Waals surface area contributed by atoms with Gasteiger partial charge in [-0.15, -0.1) is 0 Å². The molecule has 3 aromatic rings. The molecule has 0 saturated heterocycles. The van der Waals surface area contributed by atoms with Crippen LogP contribution < -0.4 is 4.72 Å². The minimum absolute atomic E-state index is 0.235. The number of aryl methyl sites for hydroxylation is 4. The monoisotopic (exact) mass is 489 g/mol. The molecule has 0 aliphatic carbocycles. The fraction of sp³-hybridized carbons (Fsp3) is 0.310. The Morgan fingerprint density at radius 1 is 0.771 bits per heavy atom. The third kappa shape index (κ3) is 6.67. The van der Waals surface area contributed by atoms with Gasteiger partial charge in [-0.1, -0.05) is 53.9 Å². The number of nitrogens with zero attached hydrogens (tertiary/aromatic N) is 2. The number of nitrogens with one attached hydrogen (secondary N) is 1. The van der Waals surface area contributed by atoms with E-state index in [9.17, 15) is 9.59 Å². The van der Waals surface area contributed by atoms with Crippen LogP contribution in [0.25, 0.3) is 0 Å². The first-order valence-electron chi connectivity index (χ1n) is 11.9. The maximum absolute atomic E-state index is 13.9. The van der Waals surface area contributed by atoms with E-state index >= 15 is 0 Å². The lowest BCUT2D eigenvalue weighted by atomic mass is 10.0. The second-order valence-electron chi connectivity index (χ2n) is 9.85. The lowest BCUT2D eigenvalue weighted by molar-refractivity contribution is 0.0000362. The fourth-order valence-electron chi connectivity index (χ4n) is 3.76. The van der Waals surface area contributed by atoms with Crippen LogP contribution in [-0.2, 0) is 6.42 Å². The molecule has 0 radical (unpaired) electrons. The molecule has 0 aromatic heterocycles. The zero-order chi connectivity index (χ0) is 25.8. The molecule has 0 unspecified atom stereocenters. The summed E-state index contributed by atoms with van der Waals surface area (Å²) in [7, 11) is 0. The molecule has 3 aromatic carbocycles. The Labute approximate surface area is 213 Å². The van der Waals surface area contributed by atoms with Gasteiger partial charge in [-0.05, 0) is 89.9 Å². The third-order valence-corrected chi connectivity index (χ3v) is 6.39. The number of anilines is 1. The molecule has 0 heterocycles. The molecule has 2 amide bonds. The Bertz CT molecular complexity index is 1160. The molecule has 184 valence electrons. The van der Waals surface area contributed by atoms with Crippen LogP contribution in [-0.4, -0.2) is 26.8 Å². The lowest BCUT2D eigenvalue weighted by Gasteiger charge is -2.42. The average Bonchev–Trinajstić information content (AvgIpc) is 2.80. The molecule has 1 N–H and O–H groups in total. The van der Waals surface area contributed by atoms with E-state index in [4.69, 9.17) is 0 Å². The van der Waals surface area contributed by atoms with Crippen molar-refractivity contribution in [3.05, 3.63) is 100 Å². The van der Waals surface area contributed by atoms with Crippen molar-refractivity contribution >= 4 is 29.6 Å². The minimum atomic E-state index is -0.671. The van der Waals surface area contributed by atoms with E-state index in [1.165, 1.54) is 4.41 Å². The summed E-state index contributed by atoms with van der Waals surface area (Å²) in [6.45, 7) is 13.8. The Balaban J connectivity index is 2.04. The van der Waals surface area contributed by atoms with Crippen LogP contribution in [0, 0.1) is 20.8 Å². The van der Waals surface area contributed by atoms with Crippen molar-refractivity contribution in [3.63, 3.8) is 0 Å². The highest BCUT2D eigenvalue weighted by Gasteiger charge is 2.37. The van der Waals surface area contributed by atoms with Gasteiger partial charge in [-0.3, -0.25) is 9.59 Å². The quantitative estimate of drug-likeness (QED) is 0.295. The van der Waals surface area contributed by atoms with Gasteiger partial charge in [0.05, 0.1) is 17.7 Å². The number of benzene rings is 3. The number of hydrogen-bond acceptors (Lipinski definition) is 4. The predicted octanol–water partition coefficient (Wildman–Crippen LogP) is 7.15. The van der Waals surface area contributed by atoms with Crippen molar-refractivity contribution in [1.29, 1.82) is 0 Å². The number of amides is 2. The van der Waals surface area contributed by atoms with Gasteiger partial charge < -0.3 is 4.72 Å². The molecule has 3 rings (SSSR count). The molecule has 0 atom stereocenters. The van der Waals surface area contributed by atoms with Crippen LogP contribution >= 0.6 is 12.1 Å². The van der Waals surface area contributed by atoms with E-state index in [-0.39, 0.29) is 11.8 Å². The Morgan fingerprint density at radius 3 is 1.86 bits per heavy atom. The summed E-state index contributed by atoms with van der Waals surface area (Å²) in [5.74, 6) is -0.508. The number of hydrazine groups is 1. The van der Waals surface area contributed by atoms with Gasteiger partial charge in [-0.25, -0.2) is 5.01 Å². The van der Waals surface area contributed by atoms with Gasteiger partial charge in [0.2, 0.25) is 0 Å². The van der Waals surface area contributed by atoms with E-state index in [0.717, 1.165) is 46.5 Å². The summed E-state index contributed by atoms with van der Waals surface area (Å²) in [6.07, 6.45) is 0.890. The minimum Gasteiger partial charge on any atom is -0.311 e. The van der Waals surface area contributed by atoms with Crippen molar-refractivity contribution in [3.8, 4) is 0 Å². The second-order valence-corrected chi connectivity index (χ2v) is 10.6. The molecule has 0 spiro atoms. The Kier molecular flexibility index (Phi) is 8.28. The van der Waals surface area contributed by atoms with E-state index < -0.39 is 5.54 Å². The number of hydrogen-bond donors (Lipinski definition) is 1. The number of carbonyl (C=O) groups is 2. The molecule has 0 fully saturated rings. The lowest BCUT2D eigenvalue weighted by Crippen LogP contribution is -2.55. The van der Waals surface area contributed by atoms with Gasteiger partial charge in [0.15, 0.2) is 0 Å². The molecule has 35 heavy (non-hydrogen) atoms. The van der Waals surface area contributed by atoms with Crippen LogP contribution in [0.5, 0.6) is 0 Å². The molecule has 5 nitrogen and oxygen atoms in total. The predicted molar refractivity (Wildman–Crippen MR) is 146 cm³/mol. The first kappa shape index (κ1) is 26.4. The normalized spacial score (nSPS) is 11.2. The number of rotatable bonds is 6. The fourth-order valence-corrected chi connectivity index (χ4v) is 4.68. The summed E-state index contributed by atoms with van der Waals surface area (Å²) in [5, 5.41) is 1.54. The Morgan fingerprint density at radius 2 is 1.34 bits per heavy atom. The van der Waals surface area contributed by atoms with Crippen LogP contribution in [0.4, 0.5) is 5.69 Å². The van der Waals surface area contributed by atoms with Crippen LogP contribution in [0.3, 0.4) is 0 Å². The zero-order valence-electron chi connectivity index (χ0n) is 21.7. The summed E-state index contributed by atoms with van der Waals surface area (Å²) in [4.78, 5) is 27.8. The van der Waals surface area contributed by atoms with E-state index in [2.05, 4.69) is 11.6 Å². The van der Waals surface area contributed by atoms with E-state index in [1.54, 1.807) is 5.01 Å². The molecule has 0 aliphatic rings. The van der Waals surface area contributed by atoms with Gasteiger partial charge >= 0.3 is 0 Å². The van der Waals surface area contributed by atoms with Gasteiger partial charge in [-0.2, -0.15) is 4.41 Å². The highest BCUT2D eigenvalue weighted by atomic mass is 32.2. The van der Waals surface area contributed by atoms with Crippen molar-refractivity contribution in [2.75, 3.05) is 4.72 Å². The molecule has 0 bridgehead atoms. The van der Waals surface area contributed by atoms with Crippen molar-refractivity contribution in [2.45, 2.75) is 60.4 Å². The second kappa shape index (κ2) is 11.0. The smallest absolute Gasteiger partial charge is 0.284 e. The topological polar surface area (TPSA) is 52.7 Å². The standard InChI is InChI=1S/C29H35N3O2S/c1-8-23-11-13-24(14-12-23)28(34)32(35-30-26-15-9-20(2)10-16-26)31(29(5,6)7)27(33)25-18-21(3)17-22(4)19-25/h9-19,30H,8H2,1-7H3. The van der Waals surface area contributed by atoms with Crippen LogP contribution in [0.1, 0.15) is 70.7 Å². The molecule has 6 heteroatoms. The summed E-state index contributed by atoms with van der Waals surface area (Å²) in [6, 6.07) is 21.2. The van der Waals surface area contributed by atoms with Crippen LogP contribution in [0.2, 0.25) is 0 Å².